The van der Waals surface area contributed by atoms with E-state index in [2.05, 4.69) is 96.6 Å². The van der Waals surface area contributed by atoms with Crippen LogP contribution in [0.3, 0.4) is 0 Å². The minimum atomic E-state index is -0.389. The first-order valence-electron chi connectivity index (χ1n) is 11.2. The third-order valence-electron chi connectivity index (χ3n) is 5.19. The summed E-state index contributed by atoms with van der Waals surface area (Å²) in [5, 5.41) is 4.07. The third-order valence-corrected chi connectivity index (χ3v) is 7.68. The maximum atomic E-state index is 11.7. The van der Waals surface area contributed by atoms with E-state index in [9.17, 15) is 4.79 Å². The van der Waals surface area contributed by atoms with E-state index in [0.717, 1.165) is 12.2 Å². The van der Waals surface area contributed by atoms with Gasteiger partial charge < -0.3 is 10.1 Å². The molecule has 0 aliphatic heterocycles. The van der Waals surface area contributed by atoms with E-state index in [1.54, 1.807) is 6.20 Å². The Bertz CT molecular complexity index is 1080. The Morgan fingerprint density at radius 2 is 1.79 bits per heavy atom. The molecular formula is C28H30N2O2S2. The quantitative estimate of drug-likeness (QED) is 0.167. The van der Waals surface area contributed by atoms with Crippen molar-refractivity contribution < 1.29 is 9.53 Å². The number of anilines is 1. The normalized spacial score (nSPS) is 12.0. The average Bonchev–Trinajstić information content (AvgIpc) is 3.36. The molecular weight excluding hydrogens is 460 g/mol. The Morgan fingerprint density at radius 3 is 2.35 bits per heavy atom. The fraction of sp³-hybridized carbons (Fsp3) is 0.214. The monoisotopic (exact) mass is 490 g/mol. The van der Waals surface area contributed by atoms with Crippen LogP contribution >= 0.6 is 23.1 Å². The fourth-order valence-electron chi connectivity index (χ4n) is 3.73. The lowest BCUT2D eigenvalue weighted by atomic mass is 9.83. The summed E-state index contributed by atoms with van der Waals surface area (Å²) in [4.78, 5) is 16.5. The molecule has 0 aliphatic carbocycles. The van der Waals surface area contributed by atoms with Crippen molar-refractivity contribution in [2.75, 3.05) is 24.7 Å². The van der Waals surface area contributed by atoms with Gasteiger partial charge in [0.15, 0.2) is 5.13 Å². The van der Waals surface area contributed by atoms with Crippen LogP contribution in [0.1, 0.15) is 34.1 Å². The molecule has 1 N–H and O–H groups in total. The van der Waals surface area contributed by atoms with Crippen LogP contribution in [-0.4, -0.2) is 30.4 Å². The van der Waals surface area contributed by atoms with Crippen molar-refractivity contribution >= 4 is 34.2 Å². The highest BCUT2D eigenvalue weighted by Gasteiger charge is 2.37. The largest absolute Gasteiger partial charge is 0.465 e. The van der Waals surface area contributed by atoms with Gasteiger partial charge in [-0.3, -0.25) is 0 Å². The number of nitrogens with one attached hydrogen (secondary N) is 1. The summed E-state index contributed by atoms with van der Waals surface area (Å²) in [5.74, 6) is 0.454. The molecule has 0 aliphatic rings. The van der Waals surface area contributed by atoms with Crippen LogP contribution in [0, 0.1) is 0 Å². The third kappa shape index (κ3) is 6.07. The Balaban J connectivity index is 1.94. The first-order chi connectivity index (χ1) is 16.7. The highest BCUT2D eigenvalue weighted by Crippen LogP contribution is 2.49. The number of hydrogen-bond donors (Lipinski definition) is 1. The summed E-state index contributed by atoms with van der Waals surface area (Å²) in [5.41, 5.74) is 3.67. The van der Waals surface area contributed by atoms with E-state index in [1.165, 1.54) is 35.1 Å². The molecule has 0 saturated carbocycles. The predicted molar refractivity (Wildman–Crippen MR) is 146 cm³/mol. The van der Waals surface area contributed by atoms with E-state index in [-0.39, 0.29) is 10.7 Å². The van der Waals surface area contributed by atoms with Gasteiger partial charge in [0.1, 0.15) is 4.88 Å². The van der Waals surface area contributed by atoms with Gasteiger partial charge in [0, 0.05) is 12.3 Å². The molecule has 0 bridgehead atoms. The number of nitrogens with zero attached hydrogens (tertiary/aromatic N) is 1. The minimum absolute atomic E-state index is 0.365. The van der Waals surface area contributed by atoms with Crippen LogP contribution in [0.15, 0.2) is 103 Å². The molecule has 0 spiro atoms. The molecule has 0 saturated heterocycles. The predicted octanol–water partition coefficient (Wildman–Crippen LogP) is 7.10. The molecule has 3 aromatic rings. The van der Waals surface area contributed by atoms with Crippen molar-refractivity contribution in [3.05, 3.63) is 119 Å². The molecule has 0 radical (unpaired) electrons. The number of aromatic nitrogens is 1. The SMILES string of the molecule is C=C/C=C\C(=C/CC)C(SCCNc1ncc(C(=O)OC)s1)(c1ccccc1)c1ccccc1. The number of allylic oxidation sites excluding steroid dienone is 4. The summed E-state index contributed by atoms with van der Waals surface area (Å²) >= 11 is 3.18. The number of ether oxygens (including phenoxy) is 1. The maximum Gasteiger partial charge on any atom is 0.349 e. The standard InChI is InChI=1S/C28H30N2O2S2/c1-4-6-14-22(13-5-2)28(23-15-9-7-10-16-23,24-17-11-8-12-18-24)33-20-19-29-27-30-21-25(34-27)26(31)32-3/h4,6-18,21H,1,5,19-20H2,2-3H3,(H,29,30)/b14-6-,22-13+. The molecule has 34 heavy (non-hydrogen) atoms. The number of carbonyl (C=O) groups excluding carboxylic acids is 1. The van der Waals surface area contributed by atoms with Gasteiger partial charge in [-0.05, 0) is 23.1 Å². The molecule has 1 aromatic heterocycles. The summed E-state index contributed by atoms with van der Waals surface area (Å²) < 4.78 is 4.39. The van der Waals surface area contributed by atoms with Gasteiger partial charge in [-0.1, -0.05) is 110 Å². The zero-order chi connectivity index (χ0) is 24.2. The lowest BCUT2D eigenvalue weighted by Crippen LogP contribution is -2.27. The van der Waals surface area contributed by atoms with Crippen LogP contribution in [0.25, 0.3) is 0 Å². The Morgan fingerprint density at radius 1 is 1.15 bits per heavy atom. The van der Waals surface area contributed by atoms with Crippen LogP contribution in [0.4, 0.5) is 5.13 Å². The van der Waals surface area contributed by atoms with Gasteiger partial charge >= 0.3 is 5.97 Å². The Hall–Kier alpha value is -3.09. The number of benzene rings is 2. The van der Waals surface area contributed by atoms with Crippen LogP contribution in [0.2, 0.25) is 0 Å². The van der Waals surface area contributed by atoms with E-state index < -0.39 is 0 Å². The smallest absolute Gasteiger partial charge is 0.349 e. The number of methoxy groups -OCH3 is 1. The second-order valence-electron chi connectivity index (χ2n) is 7.37. The molecule has 176 valence electrons. The zero-order valence-electron chi connectivity index (χ0n) is 19.6. The van der Waals surface area contributed by atoms with Crippen molar-refractivity contribution in [1.29, 1.82) is 0 Å². The second-order valence-corrected chi connectivity index (χ2v) is 9.71. The van der Waals surface area contributed by atoms with Crippen molar-refractivity contribution in [2.45, 2.75) is 18.1 Å². The van der Waals surface area contributed by atoms with Crippen LogP contribution in [-0.2, 0) is 9.48 Å². The molecule has 0 amide bonds. The van der Waals surface area contributed by atoms with Crippen molar-refractivity contribution in [3.63, 3.8) is 0 Å². The van der Waals surface area contributed by atoms with Crippen LogP contribution in [0.5, 0.6) is 0 Å². The lowest BCUT2D eigenvalue weighted by molar-refractivity contribution is 0.0606. The first kappa shape index (κ1) is 25.5. The summed E-state index contributed by atoms with van der Waals surface area (Å²) in [6, 6.07) is 21.3. The molecule has 3 rings (SSSR count). The minimum Gasteiger partial charge on any atom is -0.465 e. The van der Waals surface area contributed by atoms with Gasteiger partial charge in [0.05, 0.1) is 18.1 Å². The molecule has 0 atom stereocenters. The number of carbonyl (C=O) groups is 1. The van der Waals surface area contributed by atoms with E-state index in [0.29, 0.717) is 16.6 Å². The van der Waals surface area contributed by atoms with Crippen LogP contribution < -0.4 is 5.32 Å². The van der Waals surface area contributed by atoms with Crippen molar-refractivity contribution in [1.82, 2.24) is 4.98 Å². The zero-order valence-corrected chi connectivity index (χ0v) is 21.2. The first-order valence-corrected chi connectivity index (χ1v) is 13.0. The van der Waals surface area contributed by atoms with Gasteiger partial charge in [-0.15, -0.1) is 11.8 Å². The van der Waals surface area contributed by atoms with Crippen molar-refractivity contribution in [2.24, 2.45) is 0 Å². The number of hydrogen-bond acceptors (Lipinski definition) is 6. The highest BCUT2D eigenvalue weighted by atomic mass is 32.2. The van der Waals surface area contributed by atoms with Gasteiger partial charge in [0.25, 0.3) is 0 Å². The van der Waals surface area contributed by atoms with E-state index >= 15 is 0 Å². The summed E-state index contributed by atoms with van der Waals surface area (Å²) in [7, 11) is 1.38. The summed E-state index contributed by atoms with van der Waals surface area (Å²) in [6.45, 7) is 6.74. The number of rotatable bonds is 12. The molecule has 0 fully saturated rings. The van der Waals surface area contributed by atoms with Gasteiger partial charge in [-0.2, -0.15) is 0 Å². The molecule has 0 unspecified atom stereocenters. The lowest BCUT2D eigenvalue weighted by Gasteiger charge is -2.36. The number of esters is 1. The summed E-state index contributed by atoms with van der Waals surface area (Å²) in [6.07, 6.45) is 10.8. The molecule has 4 nitrogen and oxygen atoms in total. The molecule has 6 heteroatoms. The molecule has 2 aromatic carbocycles. The van der Waals surface area contributed by atoms with Gasteiger partial charge in [0.2, 0.25) is 0 Å². The fourth-order valence-corrected chi connectivity index (χ4v) is 5.92. The van der Waals surface area contributed by atoms with Gasteiger partial charge in [-0.25, -0.2) is 9.78 Å². The Labute approximate surface area is 210 Å². The average molecular weight is 491 g/mol. The second kappa shape index (κ2) is 13.0. The highest BCUT2D eigenvalue weighted by molar-refractivity contribution is 8.00. The number of thiazole rings is 1. The Kier molecular flexibility index (Phi) is 9.74. The topological polar surface area (TPSA) is 51.2 Å². The maximum absolute atomic E-state index is 11.7. The van der Waals surface area contributed by atoms with E-state index in [1.807, 2.05) is 23.9 Å². The van der Waals surface area contributed by atoms with Crippen molar-refractivity contribution in [3.8, 4) is 0 Å². The van der Waals surface area contributed by atoms with E-state index in [4.69, 9.17) is 4.74 Å². The molecule has 1 heterocycles. The number of thioether (sulfide) groups is 1.